The molecule has 0 bridgehead atoms. The summed E-state index contributed by atoms with van der Waals surface area (Å²) in [6.45, 7) is 2.55. The Hall–Kier alpha value is -0.900. The van der Waals surface area contributed by atoms with Crippen molar-refractivity contribution >= 4 is 0 Å². The molecular weight excluding hydrogens is 190 g/mol. The molecule has 0 spiro atoms. The first-order chi connectivity index (χ1) is 7.42. The van der Waals surface area contributed by atoms with Crippen LogP contribution in [0.15, 0.2) is 30.3 Å². The van der Waals surface area contributed by atoms with Gasteiger partial charge in [0.2, 0.25) is 0 Å². The van der Waals surface area contributed by atoms with Crippen molar-refractivity contribution in [3.05, 3.63) is 35.9 Å². The highest BCUT2D eigenvalue weighted by Crippen LogP contribution is 2.23. The van der Waals surface area contributed by atoms with E-state index in [4.69, 9.17) is 9.47 Å². The molecule has 0 amide bonds. The normalized spacial score (nSPS) is 23.7. The van der Waals surface area contributed by atoms with Crippen LogP contribution in [-0.4, -0.2) is 32.9 Å². The molecule has 1 fully saturated rings. The van der Waals surface area contributed by atoms with Crippen molar-refractivity contribution in [3.63, 3.8) is 0 Å². The van der Waals surface area contributed by atoms with E-state index >= 15 is 0 Å². The Morgan fingerprint density at radius 3 is 2.80 bits per heavy atom. The van der Waals surface area contributed by atoms with Gasteiger partial charge < -0.3 is 14.8 Å². The molecule has 2 atom stereocenters. The van der Waals surface area contributed by atoms with Gasteiger partial charge in [0.1, 0.15) is 12.2 Å². The molecule has 1 aliphatic heterocycles. The Balaban J connectivity index is 2.09. The Morgan fingerprint density at radius 1 is 1.40 bits per heavy atom. The number of hydrogen-bond donors (Lipinski definition) is 1. The number of morpholine rings is 1. The van der Waals surface area contributed by atoms with E-state index in [0.717, 1.165) is 19.7 Å². The summed E-state index contributed by atoms with van der Waals surface area (Å²) in [5, 5.41) is 3.31. The van der Waals surface area contributed by atoms with Crippen LogP contribution in [0, 0.1) is 0 Å². The molecule has 3 nitrogen and oxygen atoms in total. The van der Waals surface area contributed by atoms with Gasteiger partial charge in [-0.25, -0.2) is 0 Å². The van der Waals surface area contributed by atoms with Gasteiger partial charge in [0.15, 0.2) is 0 Å². The predicted molar refractivity (Wildman–Crippen MR) is 58.8 cm³/mol. The molecule has 0 aliphatic carbocycles. The van der Waals surface area contributed by atoms with Gasteiger partial charge in [-0.15, -0.1) is 0 Å². The zero-order valence-corrected chi connectivity index (χ0v) is 8.98. The van der Waals surface area contributed by atoms with Crippen molar-refractivity contribution in [2.75, 3.05) is 26.8 Å². The summed E-state index contributed by atoms with van der Waals surface area (Å²) in [6.07, 6.45) is 0.144. The molecular formula is C12H17NO2. The minimum Gasteiger partial charge on any atom is -0.374 e. The van der Waals surface area contributed by atoms with E-state index < -0.39 is 0 Å². The molecule has 82 valence electrons. The molecule has 15 heavy (non-hydrogen) atoms. The van der Waals surface area contributed by atoms with Crippen LogP contribution in [0.1, 0.15) is 11.7 Å². The van der Waals surface area contributed by atoms with Crippen molar-refractivity contribution < 1.29 is 9.47 Å². The van der Waals surface area contributed by atoms with Gasteiger partial charge in [0.25, 0.3) is 0 Å². The number of methoxy groups -OCH3 is 1. The Morgan fingerprint density at radius 2 is 2.20 bits per heavy atom. The zero-order chi connectivity index (χ0) is 10.5. The van der Waals surface area contributed by atoms with Crippen molar-refractivity contribution in [3.8, 4) is 0 Å². The van der Waals surface area contributed by atoms with Crippen LogP contribution in [0.3, 0.4) is 0 Å². The van der Waals surface area contributed by atoms with Gasteiger partial charge in [-0.05, 0) is 5.56 Å². The third-order valence-corrected chi connectivity index (χ3v) is 2.68. The van der Waals surface area contributed by atoms with Crippen molar-refractivity contribution in [1.29, 1.82) is 0 Å². The molecule has 2 rings (SSSR count). The Kier molecular flexibility index (Phi) is 3.72. The highest BCUT2D eigenvalue weighted by atomic mass is 16.5. The Labute approximate surface area is 90.4 Å². The number of benzene rings is 1. The molecule has 1 unspecified atom stereocenters. The van der Waals surface area contributed by atoms with E-state index in [0.29, 0.717) is 0 Å². The lowest BCUT2D eigenvalue weighted by atomic mass is 10.0. The van der Waals surface area contributed by atoms with Crippen LogP contribution in [0.25, 0.3) is 0 Å². The van der Waals surface area contributed by atoms with E-state index in [-0.39, 0.29) is 12.2 Å². The maximum atomic E-state index is 5.70. The molecule has 1 aromatic carbocycles. The van der Waals surface area contributed by atoms with Gasteiger partial charge in [0, 0.05) is 20.2 Å². The summed E-state index contributed by atoms with van der Waals surface area (Å²) in [6, 6.07) is 10.2. The number of ether oxygens (including phenoxy) is 2. The quantitative estimate of drug-likeness (QED) is 0.812. The van der Waals surface area contributed by atoms with Crippen molar-refractivity contribution in [2.45, 2.75) is 12.2 Å². The molecule has 1 saturated heterocycles. The van der Waals surface area contributed by atoms with Crippen LogP contribution in [0.4, 0.5) is 0 Å². The third-order valence-electron chi connectivity index (χ3n) is 2.68. The second-order valence-electron chi connectivity index (χ2n) is 3.68. The second kappa shape index (κ2) is 5.26. The second-order valence-corrected chi connectivity index (χ2v) is 3.68. The van der Waals surface area contributed by atoms with Crippen molar-refractivity contribution in [2.24, 2.45) is 0 Å². The first-order valence-electron chi connectivity index (χ1n) is 5.32. The van der Waals surface area contributed by atoms with Crippen LogP contribution >= 0.6 is 0 Å². The van der Waals surface area contributed by atoms with E-state index in [2.05, 4.69) is 17.4 Å². The van der Waals surface area contributed by atoms with Crippen LogP contribution in [0.2, 0.25) is 0 Å². The third kappa shape index (κ3) is 2.56. The van der Waals surface area contributed by atoms with Gasteiger partial charge in [0.05, 0.1) is 6.61 Å². The lowest BCUT2D eigenvalue weighted by molar-refractivity contribution is -0.0708. The number of rotatable bonds is 3. The smallest absolute Gasteiger partial charge is 0.109 e. The minimum absolute atomic E-state index is 0.0269. The first kappa shape index (κ1) is 10.6. The zero-order valence-electron chi connectivity index (χ0n) is 8.98. The highest BCUT2D eigenvalue weighted by Gasteiger charge is 2.25. The summed E-state index contributed by atoms with van der Waals surface area (Å²) in [5.74, 6) is 0. The molecule has 0 saturated carbocycles. The summed E-state index contributed by atoms with van der Waals surface area (Å²) in [5.41, 5.74) is 1.17. The van der Waals surface area contributed by atoms with Gasteiger partial charge in [-0.1, -0.05) is 30.3 Å². The van der Waals surface area contributed by atoms with Crippen LogP contribution in [-0.2, 0) is 9.47 Å². The average molecular weight is 207 g/mol. The monoisotopic (exact) mass is 207 g/mol. The number of hydrogen-bond acceptors (Lipinski definition) is 3. The van der Waals surface area contributed by atoms with Crippen LogP contribution in [0.5, 0.6) is 0 Å². The largest absolute Gasteiger partial charge is 0.374 e. The van der Waals surface area contributed by atoms with E-state index in [9.17, 15) is 0 Å². The van der Waals surface area contributed by atoms with Crippen LogP contribution < -0.4 is 5.32 Å². The fraction of sp³-hybridized carbons (Fsp3) is 0.500. The van der Waals surface area contributed by atoms with Gasteiger partial charge >= 0.3 is 0 Å². The standard InChI is InChI=1S/C12H17NO2/c1-14-12(10-5-3-2-4-6-10)11-9-13-7-8-15-11/h2-6,11-13H,7-9H2,1H3/t11-,12?/m0/s1. The predicted octanol–water partition coefficient (Wildman–Crippen LogP) is 1.36. The van der Waals surface area contributed by atoms with Gasteiger partial charge in [-0.3, -0.25) is 0 Å². The summed E-state index contributed by atoms with van der Waals surface area (Å²) in [4.78, 5) is 0. The van der Waals surface area contributed by atoms with E-state index in [1.165, 1.54) is 5.56 Å². The first-order valence-corrected chi connectivity index (χ1v) is 5.32. The molecule has 0 aromatic heterocycles. The topological polar surface area (TPSA) is 30.5 Å². The fourth-order valence-electron chi connectivity index (χ4n) is 1.93. The minimum atomic E-state index is 0.0269. The summed E-state index contributed by atoms with van der Waals surface area (Å²) in [7, 11) is 1.73. The average Bonchev–Trinajstić information content (AvgIpc) is 2.33. The molecule has 3 heteroatoms. The lowest BCUT2D eigenvalue weighted by Crippen LogP contribution is -2.42. The molecule has 1 heterocycles. The van der Waals surface area contributed by atoms with Gasteiger partial charge in [-0.2, -0.15) is 0 Å². The maximum absolute atomic E-state index is 5.70. The molecule has 1 N–H and O–H groups in total. The molecule has 1 aromatic rings. The maximum Gasteiger partial charge on any atom is 0.109 e. The summed E-state index contributed by atoms with van der Waals surface area (Å²) >= 11 is 0. The van der Waals surface area contributed by atoms with E-state index in [1.807, 2.05) is 18.2 Å². The summed E-state index contributed by atoms with van der Waals surface area (Å²) < 4.78 is 11.2. The Bertz CT molecular complexity index is 283. The highest BCUT2D eigenvalue weighted by molar-refractivity contribution is 5.19. The molecule has 0 radical (unpaired) electrons. The molecule has 1 aliphatic rings. The SMILES string of the molecule is COC(c1ccccc1)[C@@H]1CNCCO1. The fourth-order valence-corrected chi connectivity index (χ4v) is 1.93. The lowest BCUT2D eigenvalue weighted by Gasteiger charge is -2.30. The van der Waals surface area contributed by atoms with Crippen molar-refractivity contribution in [1.82, 2.24) is 5.32 Å². The number of nitrogens with one attached hydrogen (secondary N) is 1. The van der Waals surface area contributed by atoms with E-state index in [1.54, 1.807) is 7.11 Å².